The fraction of sp³-hybridized carbons (Fsp3) is 0.571. The van der Waals surface area contributed by atoms with E-state index in [4.69, 9.17) is 27.1 Å². The van der Waals surface area contributed by atoms with Gasteiger partial charge in [-0.1, -0.05) is 12.2 Å². The Morgan fingerprint density at radius 1 is 1.57 bits per heavy atom. The monoisotopic (exact) mass is 313 g/mol. The van der Waals surface area contributed by atoms with Crippen molar-refractivity contribution in [2.45, 2.75) is 25.9 Å². The van der Waals surface area contributed by atoms with E-state index < -0.39 is 0 Å². The minimum atomic E-state index is -0.288. The number of rotatable bonds is 10. The van der Waals surface area contributed by atoms with Crippen LogP contribution in [0, 0.1) is 0 Å². The molecule has 1 aromatic rings. The molecule has 0 saturated heterocycles. The van der Waals surface area contributed by atoms with E-state index in [1.807, 2.05) is 17.9 Å². The zero-order chi connectivity index (χ0) is 15.7. The molecule has 1 aromatic heterocycles. The largest absolute Gasteiger partial charge is 0.467 e. The maximum atomic E-state index is 12.2. The second-order valence-corrected chi connectivity index (χ2v) is 5.24. The molecule has 21 heavy (non-hydrogen) atoms. The molecule has 0 bridgehead atoms. The van der Waals surface area contributed by atoms with Gasteiger partial charge in [-0.05, 0) is 19.1 Å². The molecule has 0 saturated carbocycles. The molecule has 1 atom stereocenters. The van der Waals surface area contributed by atoms with Crippen LogP contribution in [0.4, 0.5) is 0 Å². The SMILES string of the molecule is COCCN(CCC(N)=S)C(C)C(=O)NCc1ccco1. The fourth-order valence-electron chi connectivity index (χ4n) is 1.86. The van der Waals surface area contributed by atoms with Crippen LogP contribution in [0.5, 0.6) is 0 Å². The highest BCUT2D eigenvalue weighted by Crippen LogP contribution is 2.03. The van der Waals surface area contributed by atoms with Crippen molar-refractivity contribution in [1.29, 1.82) is 0 Å². The van der Waals surface area contributed by atoms with Gasteiger partial charge < -0.3 is 20.2 Å². The van der Waals surface area contributed by atoms with Crippen molar-refractivity contribution in [3.05, 3.63) is 24.2 Å². The Morgan fingerprint density at radius 3 is 2.90 bits per heavy atom. The summed E-state index contributed by atoms with van der Waals surface area (Å²) in [5, 5.41) is 2.85. The molecular formula is C14H23N3O3S. The lowest BCUT2D eigenvalue weighted by Gasteiger charge is -2.27. The van der Waals surface area contributed by atoms with Gasteiger partial charge in [0.05, 0.1) is 30.4 Å². The van der Waals surface area contributed by atoms with Crippen molar-refractivity contribution in [3.63, 3.8) is 0 Å². The first kappa shape index (κ1) is 17.6. The second kappa shape index (κ2) is 9.49. The number of carbonyl (C=O) groups excluding carboxylic acids is 1. The highest BCUT2D eigenvalue weighted by molar-refractivity contribution is 7.80. The van der Waals surface area contributed by atoms with Crippen molar-refractivity contribution in [3.8, 4) is 0 Å². The summed E-state index contributed by atoms with van der Waals surface area (Å²) in [5.74, 6) is 0.660. The number of hydrogen-bond donors (Lipinski definition) is 2. The highest BCUT2D eigenvalue weighted by atomic mass is 32.1. The van der Waals surface area contributed by atoms with Crippen LogP contribution in [0.1, 0.15) is 19.1 Å². The summed E-state index contributed by atoms with van der Waals surface area (Å²) in [5.41, 5.74) is 5.53. The first-order valence-electron chi connectivity index (χ1n) is 6.86. The van der Waals surface area contributed by atoms with Gasteiger partial charge in [-0.3, -0.25) is 9.69 Å². The highest BCUT2D eigenvalue weighted by Gasteiger charge is 2.21. The summed E-state index contributed by atoms with van der Waals surface area (Å²) >= 11 is 4.89. The van der Waals surface area contributed by atoms with Crippen LogP contribution in [0.25, 0.3) is 0 Å². The molecule has 7 heteroatoms. The molecule has 0 aliphatic carbocycles. The van der Waals surface area contributed by atoms with Gasteiger partial charge in [-0.15, -0.1) is 0 Å². The summed E-state index contributed by atoms with van der Waals surface area (Å²) < 4.78 is 10.3. The van der Waals surface area contributed by atoms with Crippen LogP contribution in [0.3, 0.4) is 0 Å². The van der Waals surface area contributed by atoms with Gasteiger partial charge >= 0.3 is 0 Å². The molecule has 0 spiro atoms. The van der Waals surface area contributed by atoms with E-state index >= 15 is 0 Å². The molecule has 1 amide bonds. The molecule has 0 aliphatic rings. The van der Waals surface area contributed by atoms with E-state index in [2.05, 4.69) is 5.32 Å². The zero-order valence-corrected chi connectivity index (χ0v) is 13.3. The van der Waals surface area contributed by atoms with Crippen LogP contribution < -0.4 is 11.1 Å². The molecule has 3 N–H and O–H groups in total. The van der Waals surface area contributed by atoms with E-state index in [1.54, 1.807) is 19.4 Å². The number of methoxy groups -OCH3 is 1. The lowest BCUT2D eigenvalue weighted by atomic mass is 10.2. The maximum absolute atomic E-state index is 12.2. The zero-order valence-electron chi connectivity index (χ0n) is 12.5. The average molecular weight is 313 g/mol. The van der Waals surface area contributed by atoms with Crippen LogP contribution in [0.2, 0.25) is 0 Å². The van der Waals surface area contributed by atoms with Crippen molar-refractivity contribution in [2.24, 2.45) is 5.73 Å². The van der Waals surface area contributed by atoms with Gasteiger partial charge in [0.25, 0.3) is 0 Å². The van der Waals surface area contributed by atoms with Gasteiger partial charge in [0.1, 0.15) is 5.76 Å². The number of furan rings is 1. The predicted molar refractivity (Wildman–Crippen MR) is 84.9 cm³/mol. The number of amides is 1. The summed E-state index contributed by atoms with van der Waals surface area (Å²) in [6.45, 7) is 4.06. The molecule has 1 heterocycles. The number of thiocarbonyl (C=S) groups is 1. The second-order valence-electron chi connectivity index (χ2n) is 4.72. The number of hydrogen-bond acceptors (Lipinski definition) is 5. The maximum Gasteiger partial charge on any atom is 0.237 e. The van der Waals surface area contributed by atoms with E-state index in [0.29, 0.717) is 37.7 Å². The Morgan fingerprint density at radius 2 is 2.33 bits per heavy atom. The third kappa shape index (κ3) is 6.70. The molecule has 6 nitrogen and oxygen atoms in total. The van der Waals surface area contributed by atoms with E-state index in [1.165, 1.54) is 0 Å². The number of nitrogens with zero attached hydrogens (tertiary/aromatic N) is 1. The third-order valence-electron chi connectivity index (χ3n) is 3.17. The normalized spacial score (nSPS) is 12.3. The third-order valence-corrected chi connectivity index (χ3v) is 3.38. The first-order valence-corrected chi connectivity index (χ1v) is 7.26. The smallest absolute Gasteiger partial charge is 0.237 e. The van der Waals surface area contributed by atoms with Gasteiger partial charge in [-0.2, -0.15) is 0 Å². The molecule has 0 radical (unpaired) electrons. The minimum absolute atomic E-state index is 0.0644. The number of nitrogens with two attached hydrogens (primary N) is 1. The molecule has 0 fully saturated rings. The van der Waals surface area contributed by atoms with Crippen molar-refractivity contribution in [1.82, 2.24) is 10.2 Å². The lowest BCUT2D eigenvalue weighted by molar-refractivity contribution is -0.126. The summed E-state index contributed by atoms with van der Waals surface area (Å²) in [4.78, 5) is 14.6. The Labute approximate surface area is 130 Å². The minimum Gasteiger partial charge on any atom is -0.467 e. The van der Waals surface area contributed by atoms with Gasteiger partial charge in [-0.25, -0.2) is 0 Å². The Kier molecular flexibility index (Phi) is 7.96. The van der Waals surface area contributed by atoms with E-state index in [0.717, 1.165) is 5.76 Å². The molecular weight excluding hydrogens is 290 g/mol. The summed E-state index contributed by atoms with van der Waals surface area (Å²) in [6, 6.07) is 3.32. The Hall–Kier alpha value is -1.44. The van der Waals surface area contributed by atoms with Gasteiger partial charge in [0, 0.05) is 26.6 Å². The first-order chi connectivity index (χ1) is 10.0. The van der Waals surface area contributed by atoms with Crippen molar-refractivity contribution >= 4 is 23.1 Å². The molecule has 1 rings (SSSR count). The molecule has 1 unspecified atom stereocenters. The topological polar surface area (TPSA) is 80.7 Å². The van der Waals surface area contributed by atoms with Crippen LogP contribution >= 0.6 is 12.2 Å². The molecule has 0 aliphatic heterocycles. The van der Waals surface area contributed by atoms with Gasteiger partial charge in [0.15, 0.2) is 0 Å². The van der Waals surface area contributed by atoms with E-state index in [9.17, 15) is 4.79 Å². The number of ether oxygens (including phenoxy) is 1. The van der Waals surface area contributed by atoms with E-state index in [-0.39, 0.29) is 11.9 Å². The van der Waals surface area contributed by atoms with Crippen molar-refractivity contribution < 1.29 is 13.9 Å². The van der Waals surface area contributed by atoms with Crippen LogP contribution in [-0.2, 0) is 16.1 Å². The summed E-state index contributed by atoms with van der Waals surface area (Å²) in [7, 11) is 1.63. The Bertz CT molecular complexity index is 437. The average Bonchev–Trinajstić information content (AvgIpc) is 2.97. The molecule has 118 valence electrons. The summed E-state index contributed by atoms with van der Waals surface area (Å²) in [6.07, 6.45) is 2.16. The van der Waals surface area contributed by atoms with Crippen LogP contribution in [-0.4, -0.2) is 48.6 Å². The quantitative estimate of drug-likeness (QED) is 0.625. The van der Waals surface area contributed by atoms with Crippen molar-refractivity contribution in [2.75, 3.05) is 26.8 Å². The standard InChI is InChI=1S/C14H23N3O3S/c1-11(14(18)16-10-12-4-3-8-20-12)17(7-9-19-2)6-5-13(15)21/h3-4,8,11H,5-7,9-10H2,1-2H3,(H2,15,21)(H,16,18). The fourth-order valence-corrected chi connectivity index (χ4v) is 1.95. The number of nitrogens with one attached hydrogen (secondary N) is 1. The van der Waals surface area contributed by atoms with Crippen LogP contribution in [0.15, 0.2) is 22.8 Å². The Balaban J connectivity index is 2.49. The lowest BCUT2D eigenvalue weighted by Crippen LogP contribution is -2.47. The predicted octanol–water partition coefficient (Wildman–Crippen LogP) is 0.909. The number of carbonyl (C=O) groups is 1. The van der Waals surface area contributed by atoms with Gasteiger partial charge in [0.2, 0.25) is 5.91 Å². The molecule has 0 aromatic carbocycles.